The third kappa shape index (κ3) is 5.21. The van der Waals surface area contributed by atoms with Gasteiger partial charge in [-0.25, -0.2) is 4.39 Å². The molecule has 0 aromatic heterocycles. The first-order valence-corrected chi connectivity index (χ1v) is 8.67. The summed E-state index contributed by atoms with van der Waals surface area (Å²) in [6, 6.07) is 20.0. The maximum Gasteiger partial charge on any atom is 0.259 e. The summed E-state index contributed by atoms with van der Waals surface area (Å²) < 4.78 is 24.4. The lowest BCUT2D eigenvalue weighted by molar-refractivity contribution is 0.102. The number of ether oxygens (including phenoxy) is 2. The van der Waals surface area contributed by atoms with Crippen molar-refractivity contribution < 1.29 is 18.7 Å². The molecule has 0 aliphatic carbocycles. The molecule has 1 N–H and O–H groups in total. The zero-order chi connectivity index (χ0) is 19.1. The molecule has 0 aliphatic rings. The highest BCUT2D eigenvalue weighted by atomic mass is 35.5. The van der Waals surface area contributed by atoms with Crippen LogP contribution in [0.3, 0.4) is 0 Å². The van der Waals surface area contributed by atoms with Gasteiger partial charge in [-0.3, -0.25) is 4.79 Å². The minimum Gasteiger partial charge on any atom is -0.490 e. The van der Waals surface area contributed by atoms with Gasteiger partial charge >= 0.3 is 0 Å². The molecule has 0 saturated heterocycles. The molecule has 0 aliphatic heterocycles. The van der Waals surface area contributed by atoms with E-state index in [4.69, 9.17) is 21.1 Å². The second-order valence-electron chi connectivity index (χ2n) is 5.58. The average Bonchev–Trinajstić information content (AvgIpc) is 2.68. The molecular weight excluding hydrogens is 369 g/mol. The number of hydrogen-bond donors (Lipinski definition) is 1. The van der Waals surface area contributed by atoms with E-state index in [-0.39, 0.29) is 11.6 Å². The van der Waals surface area contributed by atoms with Crippen LogP contribution in [0.1, 0.15) is 10.4 Å². The third-order valence-electron chi connectivity index (χ3n) is 3.66. The number of amides is 1. The van der Waals surface area contributed by atoms with E-state index in [2.05, 4.69) is 5.32 Å². The SMILES string of the molecule is O=C(Nc1ccc(F)cc1Cl)c1ccccc1OCCOc1ccccc1. The Morgan fingerprint density at radius 1 is 0.926 bits per heavy atom. The predicted octanol–water partition coefficient (Wildman–Crippen LogP) is 5.19. The van der Waals surface area contributed by atoms with Crippen LogP contribution in [-0.2, 0) is 0 Å². The quantitative estimate of drug-likeness (QED) is 0.569. The molecule has 3 aromatic rings. The Kier molecular flexibility index (Phi) is 6.28. The molecule has 0 saturated carbocycles. The Hall–Kier alpha value is -3.05. The lowest BCUT2D eigenvalue weighted by Crippen LogP contribution is -2.16. The molecule has 6 heteroatoms. The molecule has 138 valence electrons. The molecule has 0 spiro atoms. The van der Waals surface area contributed by atoms with Crippen molar-refractivity contribution in [2.24, 2.45) is 0 Å². The second kappa shape index (κ2) is 9.05. The monoisotopic (exact) mass is 385 g/mol. The van der Waals surface area contributed by atoms with E-state index >= 15 is 0 Å². The van der Waals surface area contributed by atoms with Gasteiger partial charge in [-0.15, -0.1) is 0 Å². The summed E-state index contributed by atoms with van der Waals surface area (Å²) in [4.78, 5) is 12.6. The Morgan fingerprint density at radius 3 is 2.41 bits per heavy atom. The molecule has 0 heterocycles. The fourth-order valence-electron chi connectivity index (χ4n) is 2.39. The van der Waals surface area contributed by atoms with E-state index in [9.17, 15) is 9.18 Å². The van der Waals surface area contributed by atoms with Gasteiger partial charge in [0.05, 0.1) is 16.3 Å². The zero-order valence-electron chi connectivity index (χ0n) is 14.3. The first-order chi connectivity index (χ1) is 13.1. The molecule has 1 amide bonds. The van der Waals surface area contributed by atoms with E-state index in [1.807, 2.05) is 30.3 Å². The molecule has 3 aromatic carbocycles. The highest BCUT2D eigenvalue weighted by Gasteiger charge is 2.14. The van der Waals surface area contributed by atoms with Crippen molar-refractivity contribution >= 4 is 23.2 Å². The number of carbonyl (C=O) groups excluding carboxylic acids is 1. The fourth-order valence-corrected chi connectivity index (χ4v) is 2.60. The summed E-state index contributed by atoms with van der Waals surface area (Å²) >= 11 is 5.96. The minimum atomic E-state index is -0.472. The maximum atomic E-state index is 13.1. The molecule has 3 rings (SSSR count). The molecule has 27 heavy (non-hydrogen) atoms. The van der Waals surface area contributed by atoms with E-state index in [0.29, 0.717) is 23.6 Å². The van der Waals surface area contributed by atoms with Crippen LogP contribution in [0.4, 0.5) is 10.1 Å². The summed E-state index contributed by atoms with van der Waals surface area (Å²) in [5, 5.41) is 2.78. The van der Waals surface area contributed by atoms with Crippen molar-refractivity contribution in [3.05, 3.63) is 89.2 Å². The molecule has 0 atom stereocenters. The van der Waals surface area contributed by atoms with E-state index in [1.54, 1.807) is 24.3 Å². The Morgan fingerprint density at radius 2 is 1.63 bits per heavy atom. The van der Waals surface area contributed by atoms with Gasteiger partial charge in [0, 0.05) is 0 Å². The van der Waals surface area contributed by atoms with Gasteiger partial charge in [-0.2, -0.15) is 0 Å². The third-order valence-corrected chi connectivity index (χ3v) is 3.98. The fraction of sp³-hybridized carbons (Fsp3) is 0.0952. The number of halogens is 2. The normalized spacial score (nSPS) is 10.3. The average molecular weight is 386 g/mol. The van der Waals surface area contributed by atoms with Crippen LogP contribution in [0.25, 0.3) is 0 Å². The number of rotatable bonds is 7. The summed E-state index contributed by atoms with van der Waals surface area (Å²) in [5.74, 6) is 0.297. The van der Waals surface area contributed by atoms with E-state index < -0.39 is 11.7 Å². The van der Waals surface area contributed by atoms with Crippen LogP contribution in [-0.4, -0.2) is 19.1 Å². The highest BCUT2D eigenvalue weighted by molar-refractivity contribution is 6.34. The largest absolute Gasteiger partial charge is 0.490 e. The first-order valence-electron chi connectivity index (χ1n) is 8.29. The van der Waals surface area contributed by atoms with Gasteiger partial charge in [0.15, 0.2) is 0 Å². The lowest BCUT2D eigenvalue weighted by atomic mass is 10.2. The topological polar surface area (TPSA) is 47.6 Å². The Balaban J connectivity index is 1.61. The summed E-state index contributed by atoms with van der Waals surface area (Å²) in [7, 11) is 0. The van der Waals surface area contributed by atoms with Gasteiger partial charge in [0.25, 0.3) is 5.91 Å². The molecule has 0 fully saturated rings. The van der Waals surface area contributed by atoms with Crippen molar-refractivity contribution in [3.63, 3.8) is 0 Å². The van der Waals surface area contributed by atoms with Gasteiger partial charge in [-0.05, 0) is 42.5 Å². The number of para-hydroxylation sites is 2. The predicted molar refractivity (Wildman–Crippen MR) is 103 cm³/mol. The zero-order valence-corrected chi connectivity index (χ0v) is 15.1. The minimum absolute atomic E-state index is 0.123. The molecule has 0 radical (unpaired) electrons. The van der Waals surface area contributed by atoms with Gasteiger partial charge < -0.3 is 14.8 Å². The molecular formula is C21H17ClFNO3. The second-order valence-corrected chi connectivity index (χ2v) is 5.99. The summed E-state index contributed by atoms with van der Waals surface area (Å²) in [6.07, 6.45) is 0. The van der Waals surface area contributed by atoms with Crippen LogP contribution in [0.5, 0.6) is 11.5 Å². The van der Waals surface area contributed by atoms with E-state index in [1.165, 1.54) is 12.1 Å². The lowest BCUT2D eigenvalue weighted by Gasteiger charge is -2.13. The van der Waals surface area contributed by atoms with E-state index in [0.717, 1.165) is 11.8 Å². The standard InChI is InChI=1S/C21H17ClFNO3/c22-18-14-15(23)10-11-19(18)24-21(25)17-8-4-5-9-20(17)27-13-12-26-16-6-2-1-3-7-16/h1-11,14H,12-13H2,(H,24,25). The van der Waals surface area contributed by atoms with Crippen LogP contribution >= 0.6 is 11.6 Å². The number of anilines is 1. The smallest absolute Gasteiger partial charge is 0.259 e. The highest BCUT2D eigenvalue weighted by Crippen LogP contribution is 2.25. The first kappa shape index (κ1) is 18.7. The van der Waals surface area contributed by atoms with Crippen LogP contribution < -0.4 is 14.8 Å². The van der Waals surface area contributed by atoms with Gasteiger partial charge in [0.2, 0.25) is 0 Å². The molecule has 4 nitrogen and oxygen atoms in total. The summed E-state index contributed by atoms with van der Waals surface area (Å²) in [5.41, 5.74) is 0.669. The van der Waals surface area contributed by atoms with Crippen LogP contribution in [0.2, 0.25) is 5.02 Å². The van der Waals surface area contributed by atoms with Crippen molar-refractivity contribution in [3.8, 4) is 11.5 Å². The molecule has 0 bridgehead atoms. The van der Waals surface area contributed by atoms with Crippen molar-refractivity contribution in [2.75, 3.05) is 18.5 Å². The van der Waals surface area contributed by atoms with Crippen molar-refractivity contribution in [1.29, 1.82) is 0 Å². The van der Waals surface area contributed by atoms with Crippen molar-refractivity contribution in [2.45, 2.75) is 0 Å². The number of carbonyl (C=O) groups is 1. The van der Waals surface area contributed by atoms with Crippen LogP contribution in [0, 0.1) is 5.82 Å². The molecule has 0 unspecified atom stereocenters. The van der Waals surface area contributed by atoms with Gasteiger partial charge in [-0.1, -0.05) is 41.9 Å². The maximum absolute atomic E-state index is 13.1. The van der Waals surface area contributed by atoms with Crippen LogP contribution in [0.15, 0.2) is 72.8 Å². The Bertz CT molecular complexity index is 918. The van der Waals surface area contributed by atoms with Gasteiger partial charge in [0.1, 0.15) is 30.5 Å². The number of benzene rings is 3. The number of hydrogen-bond acceptors (Lipinski definition) is 3. The number of nitrogens with one attached hydrogen (secondary N) is 1. The Labute approximate surface area is 161 Å². The van der Waals surface area contributed by atoms with Crippen molar-refractivity contribution in [1.82, 2.24) is 0 Å². The summed E-state index contributed by atoms with van der Waals surface area (Å²) in [6.45, 7) is 0.611.